The van der Waals surface area contributed by atoms with Crippen LogP contribution < -0.4 is 5.32 Å². The molecule has 0 atom stereocenters. The highest BCUT2D eigenvalue weighted by molar-refractivity contribution is 7.89. The Kier molecular flexibility index (Phi) is 5.15. The number of rotatable bonds is 4. The van der Waals surface area contributed by atoms with Crippen molar-refractivity contribution < 1.29 is 27.2 Å². The zero-order valence-corrected chi connectivity index (χ0v) is 16.3. The molecule has 0 spiro atoms. The summed E-state index contributed by atoms with van der Waals surface area (Å²) in [5.41, 5.74) is -1.06. The maximum absolute atomic E-state index is 13.0. The van der Waals surface area contributed by atoms with Gasteiger partial charge in [0.2, 0.25) is 15.9 Å². The molecule has 4 amide bonds. The van der Waals surface area contributed by atoms with Crippen LogP contribution in [-0.2, 0) is 19.6 Å². The summed E-state index contributed by atoms with van der Waals surface area (Å²) in [7, 11) is -3.78. The first-order valence-electron chi connectivity index (χ1n) is 8.70. The number of sulfonamides is 1. The van der Waals surface area contributed by atoms with E-state index in [1.165, 1.54) is 21.3 Å². The third kappa shape index (κ3) is 3.72. The molecule has 2 aliphatic rings. The summed E-state index contributed by atoms with van der Waals surface area (Å²) in [5, 5.41) is 2.50. The zero-order valence-electron chi connectivity index (χ0n) is 15.5. The van der Waals surface area contributed by atoms with Crippen LogP contribution in [0.2, 0.25) is 0 Å². The summed E-state index contributed by atoms with van der Waals surface area (Å²) in [4.78, 5) is 38.8. The number of benzene rings is 1. The molecule has 2 saturated heterocycles. The van der Waals surface area contributed by atoms with Gasteiger partial charge in [-0.25, -0.2) is 17.6 Å². The molecule has 0 bridgehead atoms. The summed E-state index contributed by atoms with van der Waals surface area (Å²) in [6, 6.07) is 3.92. The molecule has 0 aromatic heterocycles. The second-order valence-corrected chi connectivity index (χ2v) is 9.12. The van der Waals surface area contributed by atoms with Gasteiger partial charge in [0.1, 0.15) is 17.9 Å². The van der Waals surface area contributed by atoms with Gasteiger partial charge in [-0.3, -0.25) is 14.5 Å². The fraction of sp³-hybridized carbons (Fsp3) is 0.471. The minimum Gasteiger partial charge on any atom is -0.338 e. The minimum absolute atomic E-state index is 0.0183. The van der Waals surface area contributed by atoms with Crippen molar-refractivity contribution in [1.29, 1.82) is 0 Å². The third-order valence-electron chi connectivity index (χ3n) is 4.78. The van der Waals surface area contributed by atoms with Crippen LogP contribution >= 0.6 is 0 Å². The number of carbonyl (C=O) groups is 3. The summed E-state index contributed by atoms with van der Waals surface area (Å²) >= 11 is 0. The lowest BCUT2D eigenvalue weighted by Crippen LogP contribution is -2.53. The topological polar surface area (TPSA) is 107 Å². The minimum atomic E-state index is -3.78. The number of imide groups is 1. The Morgan fingerprint density at radius 2 is 1.68 bits per heavy atom. The van der Waals surface area contributed by atoms with Crippen LogP contribution in [0.3, 0.4) is 0 Å². The first-order valence-corrected chi connectivity index (χ1v) is 10.1. The van der Waals surface area contributed by atoms with Crippen molar-refractivity contribution in [2.75, 3.05) is 32.7 Å². The van der Waals surface area contributed by atoms with Crippen LogP contribution in [0.15, 0.2) is 29.2 Å². The van der Waals surface area contributed by atoms with E-state index in [4.69, 9.17) is 0 Å². The normalized spacial score (nSPS) is 20.4. The number of nitrogens with zero attached hydrogens (tertiary/aromatic N) is 3. The van der Waals surface area contributed by atoms with E-state index < -0.39 is 45.8 Å². The number of carbonyl (C=O) groups excluding carboxylic acids is 3. The number of piperazine rings is 1. The van der Waals surface area contributed by atoms with Crippen LogP contribution in [0.25, 0.3) is 0 Å². The molecule has 152 valence electrons. The maximum Gasteiger partial charge on any atom is 0.325 e. The first-order chi connectivity index (χ1) is 13.0. The molecular weight excluding hydrogens is 391 g/mol. The standard InChI is InChI=1S/C17H21FN4O5S/c1-17(2)15(24)22(16(25)19-17)11-14(23)20-7-9-21(10-8-20)28(26,27)13-5-3-12(18)4-6-13/h3-6H,7-11H2,1-2H3,(H,19,25). The zero-order chi connectivity index (χ0) is 20.7. The molecule has 1 aromatic carbocycles. The SMILES string of the molecule is CC1(C)NC(=O)N(CC(=O)N2CCN(S(=O)(=O)c3ccc(F)cc3)CC2)C1=O. The Balaban J connectivity index is 1.61. The molecule has 1 aromatic rings. The average Bonchev–Trinajstić information content (AvgIpc) is 2.83. The summed E-state index contributed by atoms with van der Waals surface area (Å²) < 4.78 is 39.5. The molecule has 9 nitrogen and oxygen atoms in total. The van der Waals surface area contributed by atoms with Crippen LogP contribution in [0.1, 0.15) is 13.8 Å². The number of nitrogens with one attached hydrogen (secondary N) is 1. The number of hydrogen-bond donors (Lipinski definition) is 1. The first kappa shape index (κ1) is 20.2. The van der Waals surface area contributed by atoms with Crippen molar-refractivity contribution in [3.05, 3.63) is 30.1 Å². The van der Waals surface area contributed by atoms with Gasteiger partial charge in [0.15, 0.2) is 0 Å². The van der Waals surface area contributed by atoms with Gasteiger partial charge in [-0.15, -0.1) is 0 Å². The van der Waals surface area contributed by atoms with E-state index in [0.717, 1.165) is 17.0 Å². The van der Waals surface area contributed by atoms with Gasteiger partial charge in [0.25, 0.3) is 5.91 Å². The predicted octanol–water partition coefficient (Wildman–Crippen LogP) is -0.0110. The van der Waals surface area contributed by atoms with Crippen molar-refractivity contribution >= 4 is 27.9 Å². The van der Waals surface area contributed by atoms with E-state index in [-0.39, 0.29) is 31.1 Å². The molecule has 0 radical (unpaired) electrons. The van der Waals surface area contributed by atoms with Crippen molar-refractivity contribution in [2.24, 2.45) is 0 Å². The highest BCUT2D eigenvalue weighted by Gasteiger charge is 2.45. The van der Waals surface area contributed by atoms with Crippen molar-refractivity contribution in [3.8, 4) is 0 Å². The Hall–Kier alpha value is -2.53. The number of amides is 4. The monoisotopic (exact) mass is 412 g/mol. The van der Waals surface area contributed by atoms with Crippen molar-refractivity contribution in [1.82, 2.24) is 19.4 Å². The lowest BCUT2D eigenvalue weighted by molar-refractivity contribution is -0.139. The van der Waals surface area contributed by atoms with E-state index in [1.807, 2.05) is 0 Å². The van der Waals surface area contributed by atoms with E-state index in [2.05, 4.69) is 5.32 Å². The molecule has 1 N–H and O–H groups in total. The fourth-order valence-electron chi connectivity index (χ4n) is 3.13. The molecule has 2 heterocycles. The lowest BCUT2D eigenvalue weighted by Gasteiger charge is -2.34. The quantitative estimate of drug-likeness (QED) is 0.700. The van der Waals surface area contributed by atoms with Crippen LogP contribution in [0.5, 0.6) is 0 Å². The summed E-state index contributed by atoms with van der Waals surface area (Å²) in [5.74, 6) is -1.44. The van der Waals surface area contributed by atoms with Gasteiger partial charge in [0.05, 0.1) is 4.90 Å². The summed E-state index contributed by atoms with van der Waals surface area (Å²) in [6.45, 7) is 3.11. The van der Waals surface area contributed by atoms with Gasteiger partial charge in [-0.05, 0) is 38.1 Å². The van der Waals surface area contributed by atoms with Gasteiger partial charge >= 0.3 is 6.03 Å². The van der Waals surface area contributed by atoms with Crippen molar-refractivity contribution in [3.63, 3.8) is 0 Å². The molecule has 0 aliphatic carbocycles. The van der Waals surface area contributed by atoms with Crippen LogP contribution in [0.4, 0.5) is 9.18 Å². The molecule has 2 aliphatic heterocycles. The predicted molar refractivity (Wildman–Crippen MR) is 96.1 cm³/mol. The highest BCUT2D eigenvalue weighted by atomic mass is 32.2. The number of halogens is 1. The van der Waals surface area contributed by atoms with Gasteiger partial charge in [-0.2, -0.15) is 4.31 Å². The Morgan fingerprint density at radius 3 is 2.18 bits per heavy atom. The third-order valence-corrected chi connectivity index (χ3v) is 6.69. The van der Waals surface area contributed by atoms with Crippen LogP contribution in [0, 0.1) is 5.82 Å². The number of urea groups is 1. The van der Waals surface area contributed by atoms with E-state index in [1.54, 1.807) is 13.8 Å². The van der Waals surface area contributed by atoms with E-state index in [0.29, 0.717) is 0 Å². The van der Waals surface area contributed by atoms with Crippen LogP contribution in [-0.4, -0.2) is 78.6 Å². The Morgan fingerprint density at radius 1 is 1.11 bits per heavy atom. The van der Waals surface area contributed by atoms with E-state index >= 15 is 0 Å². The average molecular weight is 412 g/mol. The maximum atomic E-state index is 13.0. The largest absolute Gasteiger partial charge is 0.338 e. The lowest BCUT2D eigenvalue weighted by atomic mass is 10.1. The highest BCUT2D eigenvalue weighted by Crippen LogP contribution is 2.19. The number of hydrogen-bond acceptors (Lipinski definition) is 5. The fourth-order valence-corrected chi connectivity index (χ4v) is 4.55. The molecular formula is C17H21FN4O5S. The molecule has 0 unspecified atom stereocenters. The summed E-state index contributed by atoms with van der Waals surface area (Å²) in [6.07, 6.45) is 0. The smallest absolute Gasteiger partial charge is 0.325 e. The molecule has 0 saturated carbocycles. The second kappa shape index (κ2) is 7.13. The Bertz CT molecular complexity index is 908. The molecule has 11 heteroatoms. The molecule has 28 heavy (non-hydrogen) atoms. The molecule has 2 fully saturated rings. The van der Waals surface area contributed by atoms with Gasteiger partial charge < -0.3 is 10.2 Å². The molecule has 3 rings (SSSR count). The second-order valence-electron chi connectivity index (χ2n) is 7.19. The van der Waals surface area contributed by atoms with E-state index in [9.17, 15) is 27.2 Å². The van der Waals surface area contributed by atoms with Gasteiger partial charge in [0, 0.05) is 26.2 Å². The Labute approximate surface area is 162 Å². The van der Waals surface area contributed by atoms with Gasteiger partial charge in [-0.1, -0.05) is 0 Å². The van der Waals surface area contributed by atoms with Crippen molar-refractivity contribution in [2.45, 2.75) is 24.3 Å².